The number of nitrogens with one attached hydrogen (secondary N) is 1. The number of para-hydroxylation sites is 1. The van der Waals surface area contributed by atoms with Crippen LogP contribution in [-0.4, -0.2) is 20.7 Å². The average Bonchev–Trinajstić information content (AvgIpc) is 2.67. The molecule has 0 bridgehead atoms. The first-order valence-corrected chi connectivity index (χ1v) is 9.87. The standard InChI is InChI=1S/C21H23N3O2S/c1-4-24-20(26)17-7-5-6-8-18(17)23-21(24)27-15(3)19(25)22-13-16-11-9-14(2)10-12-16/h5-12,15H,4,13H2,1-3H3,(H,22,25). The minimum Gasteiger partial charge on any atom is -0.351 e. The maximum Gasteiger partial charge on any atom is 0.262 e. The van der Waals surface area contributed by atoms with Gasteiger partial charge in [0.25, 0.3) is 5.56 Å². The topological polar surface area (TPSA) is 64.0 Å². The molecule has 2 aromatic carbocycles. The number of hydrogen-bond donors (Lipinski definition) is 1. The highest BCUT2D eigenvalue weighted by molar-refractivity contribution is 8.00. The molecule has 6 heteroatoms. The van der Waals surface area contributed by atoms with Crippen LogP contribution in [0.1, 0.15) is 25.0 Å². The Morgan fingerprint density at radius 1 is 1.19 bits per heavy atom. The second-order valence-electron chi connectivity index (χ2n) is 6.42. The normalized spacial score (nSPS) is 12.1. The third-order valence-electron chi connectivity index (χ3n) is 4.38. The van der Waals surface area contributed by atoms with Crippen molar-refractivity contribution in [3.8, 4) is 0 Å². The van der Waals surface area contributed by atoms with Gasteiger partial charge in [0.05, 0.1) is 16.2 Å². The fourth-order valence-electron chi connectivity index (χ4n) is 2.77. The number of amides is 1. The van der Waals surface area contributed by atoms with E-state index in [0.717, 1.165) is 5.56 Å². The molecule has 0 saturated carbocycles. The van der Waals surface area contributed by atoms with Gasteiger partial charge in [0.15, 0.2) is 5.16 Å². The number of carbonyl (C=O) groups excluding carboxylic acids is 1. The largest absolute Gasteiger partial charge is 0.351 e. The Labute approximate surface area is 162 Å². The summed E-state index contributed by atoms with van der Waals surface area (Å²) in [6.45, 7) is 6.76. The minimum atomic E-state index is -0.360. The third-order valence-corrected chi connectivity index (χ3v) is 5.47. The zero-order chi connectivity index (χ0) is 19.4. The van der Waals surface area contributed by atoms with Gasteiger partial charge in [0.2, 0.25) is 5.91 Å². The molecule has 0 aliphatic rings. The Morgan fingerprint density at radius 3 is 2.59 bits per heavy atom. The van der Waals surface area contributed by atoms with E-state index in [9.17, 15) is 9.59 Å². The van der Waals surface area contributed by atoms with Gasteiger partial charge < -0.3 is 5.32 Å². The van der Waals surface area contributed by atoms with Crippen LogP contribution < -0.4 is 10.9 Å². The Bertz CT molecular complexity index is 1010. The van der Waals surface area contributed by atoms with Crippen molar-refractivity contribution in [1.29, 1.82) is 0 Å². The highest BCUT2D eigenvalue weighted by Crippen LogP contribution is 2.22. The first-order chi connectivity index (χ1) is 13.0. The summed E-state index contributed by atoms with van der Waals surface area (Å²) in [6, 6.07) is 15.4. The van der Waals surface area contributed by atoms with Crippen molar-refractivity contribution in [2.24, 2.45) is 0 Å². The monoisotopic (exact) mass is 381 g/mol. The van der Waals surface area contributed by atoms with Crippen molar-refractivity contribution in [2.75, 3.05) is 0 Å². The summed E-state index contributed by atoms with van der Waals surface area (Å²) in [7, 11) is 0. The number of benzene rings is 2. The molecule has 1 amide bonds. The van der Waals surface area contributed by atoms with Gasteiger partial charge in [-0.1, -0.05) is 53.7 Å². The molecule has 140 valence electrons. The molecule has 1 aromatic heterocycles. The average molecular weight is 382 g/mol. The van der Waals surface area contributed by atoms with Crippen LogP contribution in [0.15, 0.2) is 58.5 Å². The van der Waals surface area contributed by atoms with Crippen LogP contribution in [-0.2, 0) is 17.9 Å². The third kappa shape index (κ3) is 4.39. The molecule has 1 heterocycles. The predicted octanol–water partition coefficient (Wildman–Crippen LogP) is 3.52. The van der Waals surface area contributed by atoms with Crippen molar-refractivity contribution in [3.05, 3.63) is 70.0 Å². The SMILES string of the molecule is CCn1c(SC(C)C(=O)NCc2ccc(C)cc2)nc2ccccc2c1=O. The predicted molar refractivity (Wildman–Crippen MR) is 110 cm³/mol. The van der Waals surface area contributed by atoms with Gasteiger partial charge in [-0.3, -0.25) is 14.2 Å². The second-order valence-corrected chi connectivity index (χ2v) is 7.73. The van der Waals surface area contributed by atoms with Gasteiger partial charge >= 0.3 is 0 Å². The van der Waals surface area contributed by atoms with E-state index in [1.807, 2.05) is 63.2 Å². The van der Waals surface area contributed by atoms with E-state index in [1.165, 1.54) is 17.3 Å². The molecule has 5 nitrogen and oxygen atoms in total. The lowest BCUT2D eigenvalue weighted by Gasteiger charge is -2.15. The van der Waals surface area contributed by atoms with Crippen LogP contribution in [0, 0.1) is 6.92 Å². The maximum absolute atomic E-state index is 12.7. The summed E-state index contributed by atoms with van der Waals surface area (Å²) >= 11 is 1.31. The molecule has 27 heavy (non-hydrogen) atoms. The molecule has 1 N–H and O–H groups in total. The summed E-state index contributed by atoms with van der Waals surface area (Å²) in [4.78, 5) is 29.8. The van der Waals surface area contributed by atoms with Gasteiger partial charge in [-0.05, 0) is 38.5 Å². The first kappa shape index (κ1) is 19.2. The lowest BCUT2D eigenvalue weighted by molar-refractivity contribution is -0.120. The highest BCUT2D eigenvalue weighted by Gasteiger charge is 2.18. The highest BCUT2D eigenvalue weighted by atomic mass is 32.2. The van der Waals surface area contributed by atoms with E-state index in [2.05, 4.69) is 10.3 Å². The maximum atomic E-state index is 12.7. The number of carbonyl (C=O) groups is 1. The molecule has 0 spiro atoms. The van der Waals surface area contributed by atoms with Crippen LogP contribution in [0.5, 0.6) is 0 Å². The molecule has 0 saturated heterocycles. The van der Waals surface area contributed by atoms with E-state index < -0.39 is 0 Å². The first-order valence-electron chi connectivity index (χ1n) is 8.99. The van der Waals surface area contributed by atoms with Crippen molar-refractivity contribution < 1.29 is 4.79 Å². The Balaban J connectivity index is 1.74. The van der Waals surface area contributed by atoms with E-state index in [-0.39, 0.29) is 16.7 Å². The van der Waals surface area contributed by atoms with Gasteiger partial charge in [-0.15, -0.1) is 0 Å². The van der Waals surface area contributed by atoms with Crippen molar-refractivity contribution in [1.82, 2.24) is 14.9 Å². The smallest absolute Gasteiger partial charge is 0.262 e. The zero-order valence-electron chi connectivity index (χ0n) is 15.7. The van der Waals surface area contributed by atoms with Crippen molar-refractivity contribution in [3.63, 3.8) is 0 Å². The van der Waals surface area contributed by atoms with Gasteiger partial charge in [-0.2, -0.15) is 0 Å². The molecular weight excluding hydrogens is 358 g/mol. The summed E-state index contributed by atoms with van der Waals surface area (Å²) in [5.41, 5.74) is 2.83. The summed E-state index contributed by atoms with van der Waals surface area (Å²) in [5, 5.41) is 3.76. The molecule has 0 radical (unpaired) electrons. The van der Waals surface area contributed by atoms with Gasteiger partial charge in [0, 0.05) is 13.1 Å². The van der Waals surface area contributed by atoms with Crippen molar-refractivity contribution in [2.45, 2.75) is 44.3 Å². The molecule has 1 atom stereocenters. The van der Waals surface area contributed by atoms with E-state index in [4.69, 9.17) is 0 Å². The van der Waals surface area contributed by atoms with Crippen LogP contribution in [0.4, 0.5) is 0 Å². The number of rotatable bonds is 6. The van der Waals surface area contributed by atoms with Crippen LogP contribution in [0.25, 0.3) is 10.9 Å². The lowest BCUT2D eigenvalue weighted by atomic mass is 10.1. The van der Waals surface area contributed by atoms with E-state index in [0.29, 0.717) is 29.1 Å². The van der Waals surface area contributed by atoms with E-state index >= 15 is 0 Å². The lowest BCUT2D eigenvalue weighted by Crippen LogP contribution is -2.31. The number of hydrogen-bond acceptors (Lipinski definition) is 4. The van der Waals surface area contributed by atoms with Crippen molar-refractivity contribution >= 4 is 28.6 Å². The zero-order valence-corrected chi connectivity index (χ0v) is 16.5. The second kappa shape index (κ2) is 8.39. The number of thioether (sulfide) groups is 1. The number of fused-ring (bicyclic) bond motifs is 1. The summed E-state index contributed by atoms with van der Waals surface area (Å²) in [5.74, 6) is -0.0781. The molecule has 1 unspecified atom stereocenters. The number of aromatic nitrogens is 2. The molecule has 0 aliphatic heterocycles. The summed E-state index contributed by atoms with van der Waals surface area (Å²) < 4.78 is 1.62. The fraction of sp³-hybridized carbons (Fsp3) is 0.286. The molecule has 3 aromatic rings. The molecule has 0 fully saturated rings. The Kier molecular flexibility index (Phi) is 5.96. The van der Waals surface area contributed by atoms with Gasteiger partial charge in [-0.25, -0.2) is 4.98 Å². The van der Waals surface area contributed by atoms with Crippen LogP contribution >= 0.6 is 11.8 Å². The Hall–Kier alpha value is -2.60. The quantitative estimate of drug-likeness (QED) is 0.524. The molecule has 3 rings (SSSR count). The van der Waals surface area contributed by atoms with Crippen LogP contribution in [0.2, 0.25) is 0 Å². The molecule has 0 aliphatic carbocycles. The number of nitrogens with zero attached hydrogens (tertiary/aromatic N) is 2. The van der Waals surface area contributed by atoms with E-state index in [1.54, 1.807) is 10.6 Å². The number of aryl methyl sites for hydroxylation is 1. The summed E-state index contributed by atoms with van der Waals surface area (Å²) in [6.07, 6.45) is 0. The van der Waals surface area contributed by atoms with Gasteiger partial charge in [0.1, 0.15) is 0 Å². The minimum absolute atomic E-state index is 0.0714. The Morgan fingerprint density at radius 2 is 1.89 bits per heavy atom. The fourth-order valence-corrected chi connectivity index (χ4v) is 3.76. The molecular formula is C21H23N3O2S. The van der Waals surface area contributed by atoms with Crippen LogP contribution in [0.3, 0.4) is 0 Å².